The fourth-order valence-electron chi connectivity index (χ4n) is 2.31. The number of phenolic OH excluding ortho intramolecular Hbond substituents is 1. The summed E-state index contributed by atoms with van der Waals surface area (Å²) in [6.07, 6.45) is 1.47. The van der Waals surface area contributed by atoms with Crippen LogP contribution in [-0.2, 0) is 10.5 Å². The second-order valence-electron chi connectivity index (χ2n) is 6.24. The molecule has 0 saturated carbocycles. The molecule has 0 spiro atoms. The minimum absolute atomic E-state index is 0.00791. The predicted octanol–water partition coefficient (Wildman–Crippen LogP) is 4.86. The summed E-state index contributed by atoms with van der Waals surface area (Å²) < 4.78 is 7.16. The van der Waals surface area contributed by atoms with Gasteiger partial charge in [-0.15, -0.1) is 10.2 Å². The summed E-state index contributed by atoms with van der Waals surface area (Å²) in [4.78, 5) is 12.0. The molecule has 11 heteroatoms. The number of carbonyl (C=O) groups excluding carboxylic acids is 1. The van der Waals surface area contributed by atoms with E-state index in [1.54, 1.807) is 23.9 Å². The van der Waals surface area contributed by atoms with Crippen molar-refractivity contribution in [2.24, 2.45) is 5.10 Å². The monoisotopic (exact) mass is 538 g/mol. The first-order valence-corrected chi connectivity index (χ1v) is 12.6. The van der Waals surface area contributed by atoms with Gasteiger partial charge in [0.2, 0.25) is 0 Å². The van der Waals surface area contributed by atoms with Crippen molar-refractivity contribution in [2.45, 2.75) is 21.4 Å². The predicted molar refractivity (Wildman–Crippen MR) is 129 cm³/mol. The largest absolute Gasteiger partial charge is 0.503 e. The van der Waals surface area contributed by atoms with Crippen LogP contribution in [0.15, 0.2) is 54.7 Å². The van der Waals surface area contributed by atoms with Gasteiger partial charge in [-0.05, 0) is 46.1 Å². The standard InChI is InChI=1S/C20H19BrN4O3S3/c1-12-3-5-13(6-4-12)10-29-19-24-25-20(31-19)30-11-17(26)23-22-9-14-7-15(21)18(27)16(8-14)28-2/h3-9,27H,10-11H2,1-2H3,(H,23,26). The molecule has 0 aliphatic carbocycles. The van der Waals surface area contributed by atoms with Gasteiger partial charge in [-0.1, -0.05) is 64.7 Å². The summed E-state index contributed by atoms with van der Waals surface area (Å²) >= 11 is 7.65. The Morgan fingerprint density at radius 3 is 2.68 bits per heavy atom. The van der Waals surface area contributed by atoms with Crippen molar-refractivity contribution < 1.29 is 14.6 Å². The highest BCUT2D eigenvalue weighted by molar-refractivity contribution is 9.10. The Morgan fingerprint density at radius 2 is 1.97 bits per heavy atom. The molecule has 1 aromatic heterocycles. The van der Waals surface area contributed by atoms with Gasteiger partial charge in [-0.3, -0.25) is 4.79 Å². The van der Waals surface area contributed by atoms with Gasteiger partial charge in [-0.25, -0.2) is 5.43 Å². The molecule has 0 atom stereocenters. The van der Waals surface area contributed by atoms with Crippen molar-refractivity contribution in [1.29, 1.82) is 0 Å². The van der Waals surface area contributed by atoms with Crippen LogP contribution in [-0.4, -0.2) is 40.3 Å². The third-order valence-electron chi connectivity index (χ3n) is 3.87. The number of hydrazone groups is 1. The number of aryl methyl sites for hydroxylation is 1. The Morgan fingerprint density at radius 1 is 1.26 bits per heavy atom. The van der Waals surface area contributed by atoms with Gasteiger partial charge in [0.15, 0.2) is 20.2 Å². The van der Waals surface area contributed by atoms with E-state index in [4.69, 9.17) is 4.74 Å². The highest BCUT2D eigenvalue weighted by Gasteiger charge is 2.10. The van der Waals surface area contributed by atoms with E-state index >= 15 is 0 Å². The Hall–Kier alpha value is -2.08. The number of aromatic hydroxyl groups is 1. The van der Waals surface area contributed by atoms with Crippen molar-refractivity contribution in [3.63, 3.8) is 0 Å². The van der Waals surface area contributed by atoms with Crippen LogP contribution in [0.2, 0.25) is 0 Å². The number of carbonyl (C=O) groups is 1. The fraction of sp³-hybridized carbons (Fsp3) is 0.200. The Kier molecular flexibility index (Phi) is 8.76. The number of nitrogens with one attached hydrogen (secondary N) is 1. The van der Waals surface area contributed by atoms with Crippen LogP contribution in [0, 0.1) is 6.92 Å². The van der Waals surface area contributed by atoms with Crippen LogP contribution in [0.1, 0.15) is 16.7 Å². The van der Waals surface area contributed by atoms with Crippen molar-refractivity contribution in [3.05, 3.63) is 57.6 Å². The van der Waals surface area contributed by atoms with Gasteiger partial charge < -0.3 is 9.84 Å². The number of phenols is 1. The van der Waals surface area contributed by atoms with Crippen molar-refractivity contribution in [2.75, 3.05) is 12.9 Å². The average molecular weight is 540 g/mol. The van der Waals surface area contributed by atoms with Crippen LogP contribution in [0.5, 0.6) is 11.5 Å². The van der Waals surface area contributed by atoms with E-state index in [-0.39, 0.29) is 17.4 Å². The zero-order valence-corrected chi connectivity index (χ0v) is 20.7. The number of nitrogens with zero attached hydrogens (tertiary/aromatic N) is 3. The normalized spacial score (nSPS) is 11.1. The van der Waals surface area contributed by atoms with Crippen molar-refractivity contribution in [1.82, 2.24) is 15.6 Å². The molecule has 1 heterocycles. The lowest BCUT2D eigenvalue weighted by atomic mass is 10.2. The lowest BCUT2D eigenvalue weighted by Gasteiger charge is -2.06. The highest BCUT2D eigenvalue weighted by atomic mass is 79.9. The zero-order chi connectivity index (χ0) is 22.2. The molecule has 0 aliphatic rings. The molecule has 7 nitrogen and oxygen atoms in total. The van der Waals surface area contributed by atoms with E-state index in [2.05, 4.69) is 67.8 Å². The topological polar surface area (TPSA) is 96.7 Å². The number of hydrogen-bond acceptors (Lipinski definition) is 9. The minimum Gasteiger partial charge on any atom is -0.503 e. The van der Waals surface area contributed by atoms with Gasteiger partial charge in [-0.2, -0.15) is 5.10 Å². The number of aromatic nitrogens is 2. The van der Waals surface area contributed by atoms with Gasteiger partial charge in [0.25, 0.3) is 5.91 Å². The number of amides is 1. The first-order chi connectivity index (χ1) is 14.9. The molecule has 0 radical (unpaired) electrons. The fourth-order valence-corrected chi connectivity index (χ4v) is 5.53. The van der Waals surface area contributed by atoms with Crippen LogP contribution in [0.4, 0.5) is 0 Å². The molecule has 0 aliphatic heterocycles. The Balaban J connectivity index is 1.44. The van der Waals surface area contributed by atoms with Crippen LogP contribution in [0.3, 0.4) is 0 Å². The lowest BCUT2D eigenvalue weighted by Crippen LogP contribution is -2.19. The van der Waals surface area contributed by atoms with Crippen LogP contribution < -0.4 is 10.2 Å². The minimum atomic E-state index is -0.255. The van der Waals surface area contributed by atoms with E-state index in [1.165, 1.54) is 47.5 Å². The third kappa shape index (κ3) is 7.23. The maximum atomic E-state index is 12.0. The highest BCUT2D eigenvalue weighted by Crippen LogP contribution is 2.34. The number of halogens is 1. The Labute approximate surface area is 200 Å². The molecular formula is C20H19BrN4O3S3. The molecule has 3 aromatic rings. The maximum Gasteiger partial charge on any atom is 0.250 e. The number of thioether (sulfide) groups is 2. The number of hydrogen-bond donors (Lipinski definition) is 2. The SMILES string of the molecule is COc1cc(C=NNC(=O)CSc2nnc(SCc3ccc(C)cc3)s2)cc(Br)c1O. The van der Waals surface area contributed by atoms with E-state index in [1.807, 2.05) is 0 Å². The molecule has 2 N–H and O–H groups in total. The zero-order valence-electron chi connectivity index (χ0n) is 16.7. The van der Waals surface area contributed by atoms with Crippen molar-refractivity contribution >= 4 is 62.9 Å². The molecule has 162 valence electrons. The van der Waals surface area contributed by atoms with E-state index in [0.717, 1.165) is 14.4 Å². The number of benzene rings is 2. The second-order valence-corrected chi connectivity index (χ2v) is 10.5. The molecule has 0 unspecified atom stereocenters. The van der Waals surface area contributed by atoms with Gasteiger partial charge in [0, 0.05) is 5.75 Å². The van der Waals surface area contributed by atoms with E-state index < -0.39 is 0 Å². The molecule has 1 amide bonds. The third-order valence-corrected chi connectivity index (χ3v) is 7.74. The molecule has 0 saturated heterocycles. The van der Waals surface area contributed by atoms with Crippen molar-refractivity contribution in [3.8, 4) is 11.5 Å². The summed E-state index contributed by atoms with van der Waals surface area (Å²) in [5.41, 5.74) is 5.60. The Bertz CT molecular complexity index is 1070. The maximum absolute atomic E-state index is 12.0. The lowest BCUT2D eigenvalue weighted by molar-refractivity contribution is -0.118. The van der Waals surface area contributed by atoms with Gasteiger partial charge >= 0.3 is 0 Å². The molecule has 3 rings (SSSR count). The number of rotatable bonds is 9. The first-order valence-electron chi connectivity index (χ1n) is 8.97. The molecule has 0 fully saturated rings. The van der Waals surface area contributed by atoms with Crippen LogP contribution in [0.25, 0.3) is 0 Å². The summed E-state index contributed by atoms with van der Waals surface area (Å²) in [5, 5.41) is 22.1. The molecule has 31 heavy (non-hydrogen) atoms. The first kappa shape index (κ1) is 23.6. The summed E-state index contributed by atoms with van der Waals surface area (Å²) in [5.74, 6) is 1.07. The average Bonchev–Trinajstić information content (AvgIpc) is 3.22. The number of ether oxygens (including phenoxy) is 1. The summed E-state index contributed by atoms with van der Waals surface area (Å²) in [6, 6.07) is 11.7. The van der Waals surface area contributed by atoms with E-state index in [0.29, 0.717) is 15.8 Å². The molecular weight excluding hydrogens is 520 g/mol. The van der Waals surface area contributed by atoms with Gasteiger partial charge in [0.05, 0.1) is 23.5 Å². The quantitative estimate of drug-likeness (QED) is 0.228. The van der Waals surface area contributed by atoms with Crippen LogP contribution >= 0.6 is 50.8 Å². The van der Waals surface area contributed by atoms with E-state index in [9.17, 15) is 9.90 Å². The smallest absolute Gasteiger partial charge is 0.250 e. The van der Waals surface area contributed by atoms with Gasteiger partial charge in [0.1, 0.15) is 0 Å². The summed E-state index contributed by atoms with van der Waals surface area (Å²) in [7, 11) is 1.46. The summed E-state index contributed by atoms with van der Waals surface area (Å²) in [6.45, 7) is 2.07. The molecule has 2 aromatic carbocycles. The molecule has 0 bridgehead atoms. The second kappa shape index (κ2) is 11.5. The number of methoxy groups -OCH3 is 1.